The second-order valence-electron chi connectivity index (χ2n) is 4.89. The molecule has 3 rings (SSSR count). The zero-order valence-corrected chi connectivity index (χ0v) is 12.9. The molecule has 0 saturated heterocycles. The Labute approximate surface area is 138 Å². The van der Waals surface area contributed by atoms with Gasteiger partial charge in [-0.25, -0.2) is 0 Å². The van der Waals surface area contributed by atoms with Crippen molar-refractivity contribution < 1.29 is 23.4 Å². The second-order valence-corrected chi connectivity index (χ2v) is 4.89. The first-order chi connectivity index (χ1) is 11.7. The molecule has 24 heavy (non-hydrogen) atoms. The third kappa shape index (κ3) is 3.17. The molecule has 2 aromatic rings. The lowest BCUT2D eigenvalue weighted by Crippen LogP contribution is -2.23. The van der Waals surface area contributed by atoms with Gasteiger partial charge in [0.15, 0.2) is 11.5 Å². The Morgan fingerprint density at radius 3 is 3.04 bits per heavy atom. The van der Waals surface area contributed by atoms with Crippen LogP contribution in [0.2, 0.25) is 0 Å². The van der Waals surface area contributed by atoms with Crippen molar-refractivity contribution in [2.45, 2.75) is 6.54 Å². The lowest BCUT2D eigenvalue weighted by molar-refractivity contribution is -0.117. The Morgan fingerprint density at radius 1 is 1.46 bits per heavy atom. The van der Waals surface area contributed by atoms with Gasteiger partial charge < -0.3 is 23.9 Å². The van der Waals surface area contributed by atoms with E-state index in [-0.39, 0.29) is 18.9 Å². The predicted octanol–water partition coefficient (Wildman–Crippen LogP) is 2.24. The van der Waals surface area contributed by atoms with Crippen LogP contribution >= 0.6 is 0 Å². The van der Waals surface area contributed by atoms with E-state index in [1.165, 1.54) is 19.4 Å². The number of furan rings is 1. The number of fused-ring (bicyclic) bond motifs is 1. The highest BCUT2D eigenvalue weighted by Gasteiger charge is 2.20. The molecule has 0 saturated carbocycles. The minimum Gasteiger partial charge on any atom is -0.493 e. The van der Waals surface area contributed by atoms with Crippen LogP contribution in [0.4, 0.5) is 0 Å². The first-order valence-electron chi connectivity index (χ1n) is 7.11. The Balaban J connectivity index is 1.80. The summed E-state index contributed by atoms with van der Waals surface area (Å²) in [5.41, 5.74) is 0.559. The molecule has 1 aliphatic rings. The van der Waals surface area contributed by atoms with E-state index >= 15 is 0 Å². The van der Waals surface area contributed by atoms with Crippen LogP contribution in [0.1, 0.15) is 11.3 Å². The number of nitrogens with one attached hydrogen (secondary N) is 1. The molecular formula is C17H14N2O5. The van der Waals surface area contributed by atoms with Crippen molar-refractivity contribution in [3.8, 4) is 23.3 Å². The maximum atomic E-state index is 12.1. The summed E-state index contributed by atoms with van der Waals surface area (Å²) in [6, 6.07) is 8.70. The summed E-state index contributed by atoms with van der Waals surface area (Å²) in [6.07, 6.45) is 2.98. The number of rotatable bonds is 5. The summed E-state index contributed by atoms with van der Waals surface area (Å²) < 4.78 is 21.0. The van der Waals surface area contributed by atoms with Crippen LogP contribution in [0.25, 0.3) is 6.08 Å². The molecule has 1 amide bonds. The van der Waals surface area contributed by atoms with Crippen molar-refractivity contribution in [1.82, 2.24) is 5.32 Å². The van der Waals surface area contributed by atoms with E-state index in [0.717, 1.165) is 0 Å². The van der Waals surface area contributed by atoms with Crippen molar-refractivity contribution >= 4 is 12.0 Å². The van der Waals surface area contributed by atoms with Crippen molar-refractivity contribution in [1.29, 1.82) is 5.26 Å². The fourth-order valence-electron chi connectivity index (χ4n) is 2.22. The van der Waals surface area contributed by atoms with Gasteiger partial charge in [0.05, 0.1) is 19.9 Å². The monoisotopic (exact) mass is 326 g/mol. The maximum Gasteiger partial charge on any atom is 0.262 e. The summed E-state index contributed by atoms with van der Waals surface area (Å²) in [5, 5.41) is 11.9. The number of hydrogen-bond acceptors (Lipinski definition) is 6. The number of benzene rings is 1. The molecule has 1 N–H and O–H groups in total. The van der Waals surface area contributed by atoms with Crippen molar-refractivity contribution in [2.75, 3.05) is 13.9 Å². The highest BCUT2D eigenvalue weighted by Crippen LogP contribution is 2.42. The number of nitrogens with zero attached hydrogens (tertiary/aromatic N) is 1. The normalized spacial score (nSPS) is 12.6. The fraction of sp³-hybridized carbons (Fsp3) is 0.176. The van der Waals surface area contributed by atoms with Crippen LogP contribution in [0, 0.1) is 11.3 Å². The van der Waals surface area contributed by atoms with E-state index < -0.39 is 5.91 Å². The van der Waals surface area contributed by atoms with Gasteiger partial charge in [0.2, 0.25) is 12.5 Å². The molecule has 7 heteroatoms. The Bertz CT molecular complexity index is 818. The predicted molar refractivity (Wildman–Crippen MR) is 83.3 cm³/mol. The smallest absolute Gasteiger partial charge is 0.262 e. The molecule has 0 fully saturated rings. The van der Waals surface area contributed by atoms with Gasteiger partial charge in [-0.2, -0.15) is 5.26 Å². The molecule has 0 spiro atoms. The average molecular weight is 326 g/mol. The van der Waals surface area contributed by atoms with Gasteiger partial charge in [0.1, 0.15) is 17.4 Å². The lowest BCUT2D eigenvalue weighted by atomic mass is 10.1. The van der Waals surface area contributed by atoms with Crippen LogP contribution in [-0.4, -0.2) is 19.8 Å². The van der Waals surface area contributed by atoms with E-state index in [1.54, 1.807) is 24.3 Å². The molecular weight excluding hydrogens is 312 g/mol. The SMILES string of the molecule is COc1cc(/C=C(\C#N)C(=O)NCc2ccco2)cc2c1OCO2. The van der Waals surface area contributed by atoms with Crippen LogP contribution in [0.3, 0.4) is 0 Å². The molecule has 0 radical (unpaired) electrons. The number of carbonyl (C=O) groups excluding carboxylic acids is 1. The number of methoxy groups -OCH3 is 1. The van der Waals surface area contributed by atoms with Crippen LogP contribution in [0.15, 0.2) is 40.5 Å². The topological polar surface area (TPSA) is 93.7 Å². The molecule has 1 aliphatic heterocycles. The third-order valence-corrected chi connectivity index (χ3v) is 3.36. The van der Waals surface area contributed by atoms with Gasteiger partial charge in [-0.15, -0.1) is 0 Å². The van der Waals surface area contributed by atoms with E-state index in [0.29, 0.717) is 28.6 Å². The van der Waals surface area contributed by atoms with Gasteiger partial charge in [-0.3, -0.25) is 4.79 Å². The van der Waals surface area contributed by atoms with Gasteiger partial charge in [0, 0.05) is 0 Å². The number of ether oxygens (including phenoxy) is 3. The molecule has 7 nitrogen and oxygen atoms in total. The zero-order valence-electron chi connectivity index (χ0n) is 12.9. The highest BCUT2D eigenvalue weighted by atomic mass is 16.7. The Hall–Kier alpha value is -3.40. The number of nitriles is 1. The standard InChI is InChI=1S/C17H14N2O5/c1-21-14-6-11(7-15-16(14)24-10-23-15)5-12(8-18)17(20)19-9-13-3-2-4-22-13/h2-7H,9-10H2,1H3,(H,19,20)/b12-5+. The van der Waals surface area contributed by atoms with Gasteiger partial charge >= 0.3 is 0 Å². The molecule has 1 aromatic carbocycles. The average Bonchev–Trinajstić information content (AvgIpc) is 3.27. The molecule has 0 aliphatic carbocycles. The summed E-state index contributed by atoms with van der Waals surface area (Å²) >= 11 is 0. The van der Waals surface area contributed by atoms with Gasteiger partial charge in [-0.1, -0.05) is 0 Å². The van der Waals surface area contributed by atoms with Crippen LogP contribution in [-0.2, 0) is 11.3 Å². The summed E-state index contributed by atoms with van der Waals surface area (Å²) in [4.78, 5) is 12.1. The highest BCUT2D eigenvalue weighted by molar-refractivity contribution is 6.01. The minimum absolute atomic E-state index is 0.0394. The fourth-order valence-corrected chi connectivity index (χ4v) is 2.22. The first kappa shape index (κ1) is 15.5. The molecule has 0 bridgehead atoms. The van der Waals surface area contributed by atoms with Crippen molar-refractivity contribution in [3.63, 3.8) is 0 Å². The van der Waals surface area contributed by atoms with E-state index in [9.17, 15) is 10.1 Å². The molecule has 2 heterocycles. The Kier molecular flexibility index (Phi) is 4.38. The van der Waals surface area contributed by atoms with Crippen molar-refractivity contribution in [2.24, 2.45) is 0 Å². The maximum absolute atomic E-state index is 12.1. The molecule has 1 aromatic heterocycles. The first-order valence-corrected chi connectivity index (χ1v) is 7.11. The lowest BCUT2D eigenvalue weighted by Gasteiger charge is -2.06. The molecule has 122 valence electrons. The van der Waals surface area contributed by atoms with Gasteiger partial charge in [0.25, 0.3) is 5.91 Å². The minimum atomic E-state index is -0.495. The number of hydrogen-bond donors (Lipinski definition) is 1. The summed E-state index contributed by atoms with van der Waals surface area (Å²) in [5.74, 6) is 1.60. The summed E-state index contributed by atoms with van der Waals surface area (Å²) in [6.45, 7) is 0.308. The zero-order chi connectivity index (χ0) is 16.9. The largest absolute Gasteiger partial charge is 0.493 e. The second kappa shape index (κ2) is 6.79. The molecule has 0 unspecified atom stereocenters. The Morgan fingerprint density at radius 2 is 2.33 bits per heavy atom. The van der Waals surface area contributed by atoms with E-state index in [1.807, 2.05) is 6.07 Å². The third-order valence-electron chi connectivity index (χ3n) is 3.36. The quantitative estimate of drug-likeness (QED) is 0.669. The van der Waals surface area contributed by atoms with E-state index in [4.69, 9.17) is 18.6 Å². The molecule has 0 atom stereocenters. The van der Waals surface area contributed by atoms with Crippen molar-refractivity contribution in [3.05, 3.63) is 47.4 Å². The van der Waals surface area contributed by atoms with Crippen LogP contribution in [0.5, 0.6) is 17.2 Å². The van der Waals surface area contributed by atoms with E-state index in [2.05, 4.69) is 5.32 Å². The summed E-state index contributed by atoms with van der Waals surface area (Å²) in [7, 11) is 1.51. The van der Waals surface area contributed by atoms with Gasteiger partial charge in [-0.05, 0) is 35.9 Å². The number of amides is 1. The number of carbonyl (C=O) groups is 1. The van der Waals surface area contributed by atoms with Crippen LogP contribution < -0.4 is 19.5 Å².